The van der Waals surface area contributed by atoms with Gasteiger partial charge in [-0.2, -0.15) is 0 Å². The maximum atomic E-state index is 12.3. The molecule has 25 heavy (non-hydrogen) atoms. The highest BCUT2D eigenvalue weighted by Gasteiger charge is 2.18. The standard InChI is InChI=1S/C15H12N4O4S2/c1-10-5-7-13(8-6-10)25(22,23)18-15-17-16-14(24-15)11-3-2-4-12(9-11)19(20)21/h2-9H,1H3,(H,17,18). The van der Waals surface area contributed by atoms with Crippen LogP contribution in [0.25, 0.3) is 10.6 Å². The van der Waals surface area contributed by atoms with Gasteiger partial charge in [-0.1, -0.05) is 41.2 Å². The second kappa shape index (κ2) is 6.57. The van der Waals surface area contributed by atoms with E-state index in [1.165, 1.54) is 30.3 Å². The number of sulfonamides is 1. The van der Waals surface area contributed by atoms with E-state index in [0.717, 1.165) is 16.9 Å². The van der Waals surface area contributed by atoms with Gasteiger partial charge in [-0.05, 0) is 19.1 Å². The Hall–Kier alpha value is -2.85. The molecule has 3 aromatic rings. The third-order valence-electron chi connectivity index (χ3n) is 3.28. The summed E-state index contributed by atoms with van der Waals surface area (Å²) < 4.78 is 27.0. The monoisotopic (exact) mass is 376 g/mol. The van der Waals surface area contributed by atoms with Crippen LogP contribution in [-0.4, -0.2) is 23.5 Å². The average Bonchev–Trinajstić information content (AvgIpc) is 3.03. The number of benzene rings is 2. The number of nitro benzene ring substituents is 1. The van der Waals surface area contributed by atoms with Gasteiger partial charge in [-0.3, -0.25) is 14.8 Å². The predicted molar refractivity (Wildman–Crippen MR) is 94.0 cm³/mol. The van der Waals surface area contributed by atoms with Crippen LogP contribution in [0.2, 0.25) is 0 Å². The molecule has 1 aromatic heterocycles. The summed E-state index contributed by atoms with van der Waals surface area (Å²) in [4.78, 5) is 10.4. The van der Waals surface area contributed by atoms with E-state index in [1.54, 1.807) is 18.2 Å². The Bertz CT molecular complexity index is 1030. The van der Waals surface area contributed by atoms with Gasteiger partial charge in [0, 0.05) is 17.7 Å². The van der Waals surface area contributed by atoms with E-state index >= 15 is 0 Å². The minimum atomic E-state index is -3.77. The highest BCUT2D eigenvalue weighted by atomic mass is 32.2. The van der Waals surface area contributed by atoms with E-state index < -0.39 is 14.9 Å². The average molecular weight is 376 g/mol. The van der Waals surface area contributed by atoms with Crippen molar-refractivity contribution in [2.45, 2.75) is 11.8 Å². The quantitative estimate of drug-likeness (QED) is 0.540. The predicted octanol–water partition coefficient (Wildman–Crippen LogP) is 3.22. The Labute approximate surface area is 147 Å². The largest absolute Gasteiger partial charge is 0.270 e. The van der Waals surface area contributed by atoms with E-state index in [0.29, 0.717) is 10.6 Å². The summed E-state index contributed by atoms with van der Waals surface area (Å²) in [6, 6.07) is 12.3. The number of rotatable bonds is 5. The molecule has 8 nitrogen and oxygen atoms in total. The molecule has 0 aliphatic heterocycles. The Morgan fingerprint density at radius 2 is 1.84 bits per heavy atom. The van der Waals surface area contributed by atoms with Crippen LogP contribution in [0.5, 0.6) is 0 Å². The molecule has 10 heteroatoms. The van der Waals surface area contributed by atoms with Gasteiger partial charge in [0.2, 0.25) is 5.13 Å². The summed E-state index contributed by atoms with van der Waals surface area (Å²) >= 11 is 0.996. The Kier molecular flexibility index (Phi) is 4.47. The molecule has 1 heterocycles. The molecule has 128 valence electrons. The van der Waals surface area contributed by atoms with Gasteiger partial charge in [-0.25, -0.2) is 8.42 Å². The van der Waals surface area contributed by atoms with Crippen molar-refractivity contribution in [2.75, 3.05) is 4.72 Å². The van der Waals surface area contributed by atoms with Crippen molar-refractivity contribution >= 4 is 32.2 Å². The molecule has 0 saturated heterocycles. The molecule has 0 aliphatic carbocycles. The molecular weight excluding hydrogens is 364 g/mol. The van der Waals surface area contributed by atoms with Gasteiger partial charge in [0.1, 0.15) is 5.01 Å². The zero-order valence-corrected chi connectivity index (χ0v) is 14.5. The summed E-state index contributed by atoms with van der Waals surface area (Å²) in [5, 5.41) is 19.0. The lowest BCUT2D eigenvalue weighted by Gasteiger charge is -2.04. The first-order valence-corrected chi connectivity index (χ1v) is 9.33. The highest BCUT2D eigenvalue weighted by Crippen LogP contribution is 2.29. The zero-order chi connectivity index (χ0) is 18.0. The molecule has 0 radical (unpaired) electrons. The van der Waals surface area contributed by atoms with E-state index in [4.69, 9.17) is 0 Å². The third kappa shape index (κ3) is 3.80. The molecule has 0 aliphatic rings. The summed E-state index contributed by atoms with van der Waals surface area (Å²) in [7, 11) is -3.77. The maximum absolute atomic E-state index is 12.3. The van der Waals surface area contributed by atoms with Crippen molar-refractivity contribution in [1.29, 1.82) is 0 Å². The van der Waals surface area contributed by atoms with Crippen LogP contribution in [0.1, 0.15) is 5.56 Å². The molecule has 0 amide bonds. The molecule has 3 rings (SSSR count). The second-order valence-electron chi connectivity index (χ2n) is 5.14. The minimum Gasteiger partial charge on any atom is -0.258 e. The van der Waals surface area contributed by atoms with Crippen molar-refractivity contribution in [3.63, 3.8) is 0 Å². The van der Waals surface area contributed by atoms with Crippen LogP contribution >= 0.6 is 11.3 Å². The Morgan fingerprint density at radius 1 is 1.12 bits per heavy atom. The topological polar surface area (TPSA) is 115 Å². The molecule has 0 atom stereocenters. The molecule has 0 spiro atoms. The zero-order valence-electron chi connectivity index (χ0n) is 12.9. The fraction of sp³-hybridized carbons (Fsp3) is 0.0667. The molecule has 1 N–H and O–H groups in total. The minimum absolute atomic E-state index is 0.0745. The van der Waals surface area contributed by atoms with Crippen LogP contribution < -0.4 is 4.72 Å². The van der Waals surface area contributed by atoms with Gasteiger partial charge < -0.3 is 0 Å². The number of nitro groups is 1. The molecule has 0 saturated carbocycles. The van der Waals surface area contributed by atoms with Crippen LogP contribution in [-0.2, 0) is 10.0 Å². The number of hydrogen-bond acceptors (Lipinski definition) is 7. The van der Waals surface area contributed by atoms with Crippen molar-refractivity contribution in [3.8, 4) is 10.6 Å². The normalized spacial score (nSPS) is 11.2. The lowest BCUT2D eigenvalue weighted by atomic mass is 10.2. The van der Waals surface area contributed by atoms with Gasteiger partial charge >= 0.3 is 0 Å². The number of aromatic nitrogens is 2. The van der Waals surface area contributed by atoms with Gasteiger partial charge in [0.15, 0.2) is 0 Å². The smallest absolute Gasteiger partial charge is 0.258 e. The first kappa shape index (κ1) is 17.0. The lowest BCUT2D eigenvalue weighted by Crippen LogP contribution is -2.12. The van der Waals surface area contributed by atoms with E-state index in [9.17, 15) is 18.5 Å². The maximum Gasteiger partial charge on any atom is 0.270 e. The highest BCUT2D eigenvalue weighted by molar-refractivity contribution is 7.93. The first-order valence-electron chi connectivity index (χ1n) is 7.03. The van der Waals surface area contributed by atoms with Crippen molar-refractivity contribution in [1.82, 2.24) is 10.2 Å². The third-order valence-corrected chi connectivity index (χ3v) is 5.65. The lowest BCUT2D eigenvalue weighted by molar-refractivity contribution is -0.384. The SMILES string of the molecule is Cc1ccc(S(=O)(=O)Nc2nnc(-c3cccc([N+](=O)[O-])c3)s2)cc1. The van der Waals surface area contributed by atoms with Crippen LogP contribution in [0.4, 0.5) is 10.8 Å². The van der Waals surface area contributed by atoms with E-state index in [-0.39, 0.29) is 15.7 Å². The number of nitrogens with one attached hydrogen (secondary N) is 1. The van der Waals surface area contributed by atoms with Crippen LogP contribution in [0.15, 0.2) is 53.4 Å². The Morgan fingerprint density at radius 3 is 2.52 bits per heavy atom. The fourth-order valence-corrected chi connectivity index (χ4v) is 3.99. The summed E-state index contributed by atoms with van der Waals surface area (Å²) in [6.45, 7) is 1.86. The number of non-ortho nitro benzene ring substituents is 1. The summed E-state index contributed by atoms with van der Waals surface area (Å²) in [6.07, 6.45) is 0. The molecule has 0 bridgehead atoms. The van der Waals surface area contributed by atoms with E-state index in [1.807, 2.05) is 6.92 Å². The molecule has 0 fully saturated rings. The van der Waals surface area contributed by atoms with Gasteiger partial charge in [0.05, 0.1) is 9.82 Å². The van der Waals surface area contributed by atoms with Crippen LogP contribution in [0, 0.1) is 17.0 Å². The number of anilines is 1. The number of aryl methyl sites for hydroxylation is 1. The number of hydrogen-bond donors (Lipinski definition) is 1. The summed E-state index contributed by atoms with van der Waals surface area (Å²) in [5.41, 5.74) is 1.37. The number of nitrogens with zero attached hydrogens (tertiary/aromatic N) is 3. The van der Waals surface area contributed by atoms with Crippen molar-refractivity contribution in [3.05, 3.63) is 64.2 Å². The Balaban J connectivity index is 1.85. The first-order chi connectivity index (χ1) is 11.8. The summed E-state index contributed by atoms with van der Waals surface area (Å²) in [5.74, 6) is 0. The van der Waals surface area contributed by atoms with Crippen molar-refractivity contribution in [2.24, 2.45) is 0 Å². The van der Waals surface area contributed by atoms with Crippen LogP contribution in [0.3, 0.4) is 0 Å². The molecular formula is C15H12N4O4S2. The molecule has 2 aromatic carbocycles. The molecule has 0 unspecified atom stereocenters. The van der Waals surface area contributed by atoms with E-state index in [2.05, 4.69) is 14.9 Å². The van der Waals surface area contributed by atoms with Gasteiger partial charge in [0.25, 0.3) is 15.7 Å². The van der Waals surface area contributed by atoms with Crippen molar-refractivity contribution < 1.29 is 13.3 Å². The fourth-order valence-electron chi connectivity index (χ4n) is 2.02. The second-order valence-corrected chi connectivity index (χ2v) is 7.80. The van der Waals surface area contributed by atoms with Gasteiger partial charge in [-0.15, -0.1) is 10.2 Å².